The van der Waals surface area contributed by atoms with Crippen LogP contribution in [-0.4, -0.2) is 22.8 Å². The topological polar surface area (TPSA) is 49.4 Å². The molecule has 0 spiro atoms. The Labute approximate surface area is 261 Å². The Balaban J connectivity index is 1.49. The second kappa shape index (κ2) is 10.4. The molecule has 0 aliphatic carbocycles. The van der Waals surface area contributed by atoms with Gasteiger partial charge in [0.2, 0.25) is 0 Å². The highest BCUT2D eigenvalue weighted by atomic mass is 79.9. The Morgan fingerprint density at radius 2 is 0.930 bits per heavy atom. The number of rotatable bonds is 2. The average Bonchev–Trinajstić information content (AvgIpc) is 3.75. The lowest BCUT2D eigenvalue weighted by molar-refractivity contribution is 1.28. The molecule has 43 heavy (non-hydrogen) atoms. The van der Waals surface area contributed by atoms with Crippen molar-refractivity contribution in [2.24, 2.45) is 20.0 Å². The standard InChI is InChI=1S/C38H31BrN4/c1-20-15-22(3)34(23(4)16-20)36-28-9-7-26(40-28)19-27-8-10-29(41-27)37(35-24(5)17-21(2)18-25(35)6)31-12-14-33(43-31)38(39)32-13-11-30(36)42-32/h7-19H,1-6H3. The van der Waals surface area contributed by atoms with Gasteiger partial charge in [0.05, 0.1) is 50.1 Å². The van der Waals surface area contributed by atoms with Gasteiger partial charge < -0.3 is 0 Å². The van der Waals surface area contributed by atoms with E-state index in [1.807, 2.05) is 0 Å². The first-order valence-electron chi connectivity index (χ1n) is 14.5. The van der Waals surface area contributed by atoms with E-state index in [9.17, 15) is 0 Å². The Morgan fingerprint density at radius 3 is 1.56 bits per heavy atom. The Morgan fingerprint density at radius 1 is 0.465 bits per heavy atom. The molecular weight excluding hydrogens is 592 g/mol. The predicted octanol–water partition coefficient (Wildman–Crippen LogP) is 9.21. The fourth-order valence-electron chi connectivity index (χ4n) is 6.65. The molecule has 8 bridgehead atoms. The summed E-state index contributed by atoms with van der Waals surface area (Å²) in [4.78, 5) is 20.5. The highest BCUT2D eigenvalue weighted by Crippen LogP contribution is 2.38. The predicted molar refractivity (Wildman–Crippen MR) is 185 cm³/mol. The molecule has 0 atom stereocenters. The van der Waals surface area contributed by atoms with Crippen molar-refractivity contribution < 1.29 is 0 Å². The summed E-state index contributed by atoms with van der Waals surface area (Å²) >= 11 is 3.86. The molecule has 0 fully saturated rings. The van der Waals surface area contributed by atoms with E-state index in [1.165, 1.54) is 44.5 Å². The lowest BCUT2D eigenvalue weighted by Crippen LogP contribution is -2.05. The zero-order valence-electron chi connectivity index (χ0n) is 25.2. The molecule has 4 nitrogen and oxygen atoms in total. The number of nitrogens with zero attached hydrogens (tertiary/aromatic N) is 4. The zero-order valence-corrected chi connectivity index (χ0v) is 26.8. The van der Waals surface area contributed by atoms with Crippen LogP contribution in [0, 0.1) is 41.5 Å². The fourth-order valence-corrected chi connectivity index (χ4v) is 7.09. The van der Waals surface area contributed by atoms with Crippen molar-refractivity contribution in [2.75, 3.05) is 0 Å². The van der Waals surface area contributed by atoms with E-state index in [4.69, 9.17) is 20.0 Å². The van der Waals surface area contributed by atoms with Crippen LogP contribution in [0.4, 0.5) is 0 Å². The Kier molecular flexibility index (Phi) is 6.59. The molecule has 0 aromatic heterocycles. The number of hydrogen-bond donors (Lipinski definition) is 0. The van der Waals surface area contributed by atoms with Crippen molar-refractivity contribution in [3.8, 4) is 0 Å². The van der Waals surface area contributed by atoms with Gasteiger partial charge in [0, 0.05) is 11.1 Å². The van der Waals surface area contributed by atoms with Crippen LogP contribution in [0.2, 0.25) is 0 Å². The van der Waals surface area contributed by atoms with Crippen molar-refractivity contribution in [2.45, 2.75) is 41.5 Å². The average molecular weight is 624 g/mol. The molecule has 5 aliphatic heterocycles. The highest BCUT2D eigenvalue weighted by molar-refractivity contribution is 9.12. The van der Waals surface area contributed by atoms with Gasteiger partial charge in [0.25, 0.3) is 0 Å². The third-order valence-electron chi connectivity index (χ3n) is 8.23. The van der Waals surface area contributed by atoms with Crippen molar-refractivity contribution in [3.05, 3.63) is 151 Å². The third kappa shape index (κ3) is 4.78. The van der Waals surface area contributed by atoms with Crippen LogP contribution < -0.4 is 0 Å². The normalized spacial score (nSPS) is 18.6. The maximum atomic E-state index is 5.15. The second-order valence-electron chi connectivity index (χ2n) is 11.7. The number of fused-ring (bicyclic) bond motifs is 4. The van der Waals surface area contributed by atoms with E-state index in [-0.39, 0.29) is 0 Å². The largest absolute Gasteiger partial charge is 0.248 e. The Bertz CT molecular complexity index is 1960. The Hall–Kier alpha value is -4.48. The van der Waals surface area contributed by atoms with Gasteiger partial charge in [-0.25, -0.2) is 20.0 Å². The first kappa shape index (κ1) is 27.4. The number of halogens is 1. The summed E-state index contributed by atoms with van der Waals surface area (Å²) in [5.41, 5.74) is 18.7. The summed E-state index contributed by atoms with van der Waals surface area (Å²) in [7, 11) is 0. The molecule has 2 aromatic carbocycles. The summed E-state index contributed by atoms with van der Waals surface area (Å²) in [6, 6.07) is 8.92. The summed E-state index contributed by atoms with van der Waals surface area (Å²) < 4.78 is 0.853. The van der Waals surface area contributed by atoms with E-state index in [2.05, 4.69) is 136 Å². The number of aryl methyl sites for hydroxylation is 6. The number of allylic oxidation sites excluding steroid dienone is 12. The molecule has 5 heteroatoms. The maximum absolute atomic E-state index is 5.15. The molecule has 0 N–H and O–H groups in total. The summed E-state index contributed by atoms with van der Waals surface area (Å²) in [6.45, 7) is 12.9. The van der Waals surface area contributed by atoms with E-state index < -0.39 is 0 Å². The molecule has 0 saturated heterocycles. The zero-order chi connectivity index (χ0) is 30.0. The van der Waals surface area contributed by atoms with Crippen LogP contribution in [0.5, 0.6) is 0 Å². The molecule has 5 aliphatic rings. The van der Waals surface area contributed by atoms with Crippen LogP contribution in [0.3, 0.4) is 0 Å². The third-order valence-corrected chi connectivity index (χ3v) is 9.04. The molecule has 7 rings (SSSR count). The molecule has 0 saturated carbocycles. The number of aliphatic imine (C=N–C) groups is 4. The number of benzene rings is 2. The smallest absolute Gasteiger partial charge is 0.0801 e. The molecule has 0 radical (unpaired) electrons. The minimum atomic E-state index is 0.836. The van der Waals surface area contributed by atoms with E-state index >= 15 is 0 Å². The second-order valence-corrected chi connectivity index (χ2v) is 12.5. The van der Waals surface area contributed by atoms with Crippen LogP contribution in [0.1, 0.15) is 44.5 Å². The van der Waals surface area contributed by atoms with Crippen LogP contribution >= 0.6 is 15.9 Å². The van der Waals surface area contributed by atoms with Crippen molar-refractivity contribution in [1.29, 1.82) is 0 Å². The number of hydrogen-bond acceptors (Lipinski definition) is 4. The van der Waals surface area contributed by atoms with E-state index in [0.717, 1.165) is 61.3 Å². The molecule has 210 valence electrons. The van der Waals surface area contributed by atoms with Crippen molar-refractivity contribution in [1.82, 2.24) is 0 Å². The first-order chi connectivity index (χ1) is 20.7. The fraction of sp³-hybridized carbons (Fsp3) is 0.158. The maximum Gasteiger partial charge on any atom is 0.0801 e. The van der Waals surface area contributed by atoms with E-state index in [0.29, 0.717) is 0 Å². The lowest BCUT2D eigenvalue weighted by atomic mass is 9.90. The SMILES string of the molecule is Cc1cc(C)c(C2=C3C=CC(=N3)C=C3C=CC(=N3)C(c3c(C)cc(C)cc3C)=C3C=CC(=N3)C(Br)=C3C=CC2=N3)c(C)c1. The quantitative estimate of drug-likeness (QED) is 0.320. The van der Waals surface area contributed by atoms with Crippen molar-refractivity contribution in [3.63, 3.8) is 0 Å². The van der Waals surface area contributed by atoms with Crippen LogP contribution in [-0.2, 0) is 0 Å². The van der Waals surface area contributed by atoms with E-state index in [1.54, 1.807) is 0 Å². The minimum absolute atomic E-state index is 0.836. The molecule has 0 unspecified atom stereocenters. The molecule has 0 amide bonds. The summed E-state index contributed by atoms with van der Waals surface area (Å²) in [5.74, 6) is 0. The molecule has 5 heterocycles. The molecular formula is C38H31BrN4. The minimum Gasteiger partial charge on any atom is -0.248 e. The highest BCUT2D eigenvalue weighted by Gasteiger charge is 2.26. The monoisotopic (exact) mass is 622 g/mol. The molecule has 2 aromatic rings. The van der Waals surface area contributed by atoms with Crippen molar-refractivity contribution >= 4 is 49.9 Å². The van der Waals surface area contributed by atoms with Crippen LogP contribution in [0.25, 0.3) is 11.1 Å². The van der Waals surface area contributed by atoms with Gasteiger partial charge in [-0.05, 0) is 146 Å². The van der Waals surface area contributed by atoms with Gasteiger partial charge in [-0.2, -0.15) is 0 Å². The van der Waals surface area contributed by atoms with Gasteiger partial charge in [0.1, 0.15) is 0 Å². The van der Waals surface area contributed by atoms with Crippen LogP contribution in [0.15, 0.2) is 126 Å². The summed E-state index contributed by atoms with van der Waals surface area (Å²) in [6.07, 6.45) is 18.7. The van der Waals surface area contributed by atoms with Gasteiger partial charge >= 0.3 is 0 Å². The van der Waals surface area contributed by atoms with Gasteiger partial charge in [-0.3, -0.25) is 0 Å². The lowest BCUT2D eigenvalue weighted by Gasteiger charge is -2.16. The van der Waals surface area contributed by atoms with Gasteiger partial charge in [-0.1, -0.05) is 35.4 Å². The van der Waals surface area contributed by atoms with Gasteiger partial charge in [0.15, 0.2) is 0 Å². The van der Waals surface area contributed by atoms with Gasteiger partial charge in [-0.15, -0.1) is 0 Å². The summed E-state index contributed by atoms with van der Waals surface area (Å²) in [5, 5.41) is 0. The first-order valence-corrected chi connectivity index (χ1v) is 15.3.